The van der Waals surface area contributed by atoms with Crippen molar-refractivity contribution in [1.29, 1.82) is 0 Å². The standard InChI is InChI=1S/C24H19BrN2O3/c25-21-14-8-7-13-19(21)22(28)16-15-20-23(29)26(17-9-3-1-4-10-17)27(24(20)30)18-11-5-2-6-12-18/h1-14,20H,15-16H2. The highest BCUT2D eigenvalue weighted by atomic mass is 79.9. The molecule has 0 bridgehead atoms. The maximum Gasteiger partial charge on any atom is 0.258 e. The monoisotopic (exact) mass is 462 g/mol. The van der Waals surface area contributed by atoms with E-state index in [-0.39, 0.29) is 30.4 Å². The minimum Gasteiger partial charge on any atom is -0.294 e. The first-order valence-corrected chi connectivity index (χ1v) is 10.4. The number of para-hydroxylation sites is 2. The molecule has 0 atom stereocenters. The fraction of sp³-hybridized carbons (Fsp3) is 0.125. The fourth-order valence-corrected chi connectivity index (χ4v) is 4.07. The molecule has 1 saturated heterocycles. The second-order valence-electron chi connectivity index (χ2n) is 6.97. The number of carbonyl (C=O) groups excluding carboxylic acids is 3. The van der Waals surface area contributed by atoms with Crippen molar-refractivity contribution in [3.63, 3.8) is 0 Å². The summed E-state index contributed by atoms with van der Waals surface area (Å²) in [6, 6.07) is 25.3. The van der Waals surface area contributed by atoms with Gasteiger partial charge in [-0.05, 0) is 36.8 Å². The third kappa shape index (κ3) is 3.78. The van der Waals surface area contributed by atoms with Gasteiger partial charge in [-0.2, -0.15) is 0 Å². The lowest BCUT2D eigenvalue weighted by Gasteiger charge is -2.27. The Balaban J connectivity index is 1.61. The number of benzene rings is 3. The third-order valence-corrected chi connectivity index (χ3v) is 5.74. The van der Waals surface area contributed by atoms with Gasteiger partial charge in [0.1, 0.15) is 5.92 Å². The summed E-state index contributed by atoms with van der Waals surface area (Å²) in [6.07, 6.45) is 0.264. The highest BCUT2D eigenvalue weighted by Gasteiger charge is 2.46. The zero-order chi connectivity index (χ0) is 21.1. The summed E-state index contributed by atoms with van der Waals surface area (Å²) in [6.45, 7) is 0. The lowest BCUT2D eigenvalue weighted by atomic mass is 9.98. The summed E-state index contributed by atoms with van der Waals surface area (Å²) in [5.74, 6) is -1.66. The molecule has 0 N–H and O–H groups in total. The van der Waals surface area contributed by atoms with Crippen molar-refractivity contribution in [2.45, 2.75) is 12.8 Å². The average molecular weight is 463 g/mol. The van der Waals surface area contributed by atoms with Crippen LogP contribution in [0.15, 0.2) is 89.4 Å². The lowest BCUT2D eigenvalue weighted by molar-refractivity contribution is -0.127. The predicted molar refractivity (Wildman–Crippen MR) is 119 cm³/mol. The van der Waals surface area contributed by atoms with E-state index >= 15 is 0 Å². The topological polar surface area (TPSA) is 57.7 Å². The average Bonchev–Trinajstić information content (AvgIpc) is 3.03. The van der Waals surface area contributed by atoms with Crippen molar-refractivity contribution in [3.8, 4) is 0 Å². The number of halogens is 1. The summed E-state index contributed by atoms with van der Waals surface area (Å²) in [4.78, 5) is 39.2. The fourth-order valence-electron chi connectivity index (χ4n) is 3.57. The van der Waals surface area contributed by atoms with E-state index in [0.717, 1.165) is 0 Å². The minimum absolute atomic E-state index is 0.104. The molecule has 30 heavy (non-hydrogen) atoms. The second kappa shape index (κ2) is 8.63. The van der Waals surface area contributed by atoms with Crippen molar-refractivity contribution >= 4 is 44.9 Å². The number of amides is 2. The summed E-state index contributed by atoms with van der Waals surface area (Å²) < 4.78 is 0.705. The van der Waals surface area contributed by atoms with Crippen molar-refractivity contribution in [3.05, 3.63) is 95.0 Å². The number of hydrazine groups is 1. The van der Waals surface area contributed by atoms with Crippen molar-refractivity contribution in [2.75, 3.05) is 10.0 Å². The van der Waals surface area contributed by atoms with Gasteiger partial charge in [0.15, 0.2) is 5.78 Å². The number of hydrogen-bond acceptors (Lipinski definition) is 3. The van der Waals surface area contributed by atoms with E-state index < -0.39 is 5.92 Å². The molecular formula is C24H19BrN2O3. The molecule has 0 spiro atoms. The number of hydrogen-bond donors (Lipinski definition) is 0. The van der Waals surface area contributed by atoms with Crippen LogP contribution in [0.3, 0.4) is 0 Å². The third-order valence-electron chi connectivity index (χ3n) is 5.05. The zero-order valence-corrected chi connectivity index (χ0v) is 17.7. The van der Waals surface area contributed by atoms with Crippen molar-refractivity contribution in [1.82, 2.24) is 0 Å². The molecule has 0 unspecified atom stereocenters. The van der Waals surface area contributed by atoms with Crippen LogP contribution in [0.1, 0.15) is 23.2 Å². The van der Waals surface area contributed by atoms with Crippen LogP contribution in [0.5, 0.6) is 0 Å². The molecule has 2 amide bonds. The van der Waals surface area contributed by atoms with Gasteiger partial charge in [0, 0.05) is 16.5 Å². The quantitative estimate of drug-likeness (QED) is 0.381. The van der Waals surface area contributed by atoms with E-state index in [9.17, 15) is 14.4 Å². The molecule has 3 aromatic carbocycles. The van der Waals surface area contributed by atoms with Gasteiger partial charge in [0.05, 0.1) is 11.4 Å². The Hall–Kier alpha value is -3.25. The van der Waals surface area contributed by atoms with E-state index in [1.807, 2.05) is 42.5 Å². The number of rotatable bonds is 6. The molecule has 6 heteroatoms. The number of nitrogens with zero attached hydrogens (tertiary/aromatic N) is 2. The van der Waals surface area contributed by atoms with Gasteiger partial charge in [-0.25, -0.2) is 10.0 Å². The Morgan fingerprint density at radius 3 is 1.70 bits per heavy atom. The van der Waals surface area contributed by atoms with E-state index in [1.54, 1.807) is 42.5 Å². The summed E-state index contributed by atoms with van der Waals surface area (Å²) in [5.41, 5.74) is 1.77. The first-order valence-electron chi connectivity index (χ1n) is 9.63. The molecule has 5 nitrogen and oxygen atoms in total. The van der Waals surface area contributed by atoms with Crippen LogP contribution >= 0.6 is 15.9 Å². The van der Waals surface area contributed by atoms with Crippen LogP contribution in [0.2, 0.25) is 0 Å². The zero-order valence-electron chi connectivity index (χ0n) is 16.1. The van der Waals surface area contributed by atoms with E-state index in [2.05, 4.69) is 15.9 Å². The molecule has 1 aliphatic heterocycles. The molecule has 1 aliphatic rings. The number of ketones is 1. The Morgan fingerprint density at radius 1 is 0.733 bits per heavy atom. The summed E-state index contributed by atoms with van der Waals surface area (Å²) in [7, 11) is 0. The number of anilines is 2. The second-order valence-corrected chi connectivity index (χ2v) is 7.82. The van der Waals surface area contributed by atoms with Crippen molar-refractivity contribution in [2.24, 2.45) is 5.92 Å². The first-order chi connectivity index (χ1) is 14.6. The van der Waals surface area contributed by atoms with Crippen LogP contribution in [0.25, 0.3) is 0 Å². The molecular weight excluding hydrogens is 444 g/mol. The Kier molecular flexibility index (Phi) is 5.77. The first kappa shape index (κ1) is 20.0. The van der Waals surface area contributed by atoms with Gasteiger partial charge in [-0.1, -0.05) is 70.5 Å². The molecule has 150 valence electrons. The van der Waals surface area contributed by atoms with Crippen LogP contribution in [-0.2, 0) is 9.59 Å². The number of Topliss-reactive ketones (excluding diaryl/α,β-unsaturated/α-hetero) is 1. The molecule has 0 radical (unpaired) electrons. The minimum atomic E-state index is -0.906. The predicted octanol–water partition coefficient (Wildman–Crippen LogP) is 5.02. The molecule has 3 aromatic rings. The molecule has 0 saturated carbocycles. The normalized spacial score (nSPS) is 14.4. The van der Waals surface area contributed by atoms with Gasteiger partial charge in [0.25, 0.3) is 11.8 Å². The Bertz CT molecular complexity index is 1030. The van der Waals surface area contributed by atoms with Gasteiger partial charge < -0.3 is 0 Å². The van der Waals surface area contributed by atoms with Crippen molar-refractivity contribution < 1.29 is 14.4 Å². The Morgan fingerprint density at radius 2 is 1.20 bits per heavy atom. The Labute approximate surface area is 183 Å². The van der Waals surface area contributed by atoms with Gasteiger partial charge in [-0.3, -0.25) is 14.4 Å². The molecule has 0 aliphatic carbocycles. The number of carbonyl (C=O) groups is 3. The summed E-state index contributed by atoms with van der Waals surface area (Å²) in [5, 5.41) is 2.82. The van der Waals surface area contributed by atoms with Gasteiger partial charge in [0.2, 0.25) is 0 Å². The summed E-state index contributed by atoms with van der Waals surface area (Å²) >= 11 is 3.38. The smallest absolute Gasteiger partial charge is 0.258 e. The van der Waals surface area contributed by atoms with Crippen LogP contribution < -0.4 is 10.0 Å². The highest BCUT2D eigenvalue weighted by molar-refractivity contribution is 9.10. The SMILES string of the molecule is O=C(CCC1C(=O)N(c2ccccc2)N(c2ccccc2)C1=O)c1ccccc1Br. The van der Waals surface area contributed by atoms with E-state index in [0.29, 0.717) is 21.4 Å². The molecule has 1 fully saturated rings. The van der Waals surface area contributed by atoms with Crippen LogP contribution in [0.4, 0.5) is 11.4 Å². The van der Waals surface area contributed by atoms with Gasteiger partial charge >= 0.3 is 0 Å². The molecule has 4 rings (SSSR count). The van der Waals surface area contributed by atoms with Crippen LogP contribution in [0, 0.1) is 5.92 Å². The lowest BCUT2D eigenvalue weighted by Crippen LogP contribution is -2.41. The van der Waals surface area contributed by atoms with Gasteiger partial charge in [-0.15, -0.1) is 0 Å². The van der Waals surface area contributed by atoms with E-state index in [4.69, 9.17) is 0 Å². The maximum atomic E-state index is 13.3. The highest BCUT2D eigenvalue weighted by Crippen LogP contribution is 2.33. The maximum absolute atomic E-state index is 13.3. The van der Waals surface area contributed by atoms with Crippen LogP contribution in [-0.4, -0.2) is 17.6 Å². The van der Waals surface area contributed by atoms with E-state index in [1.165, 1.54) is 10.0 Å². The molecule has 1 heterocycles. The largest absolute Gasteiger partial charge is 0.294 e. The molecule has 0 aromatic heterocycles.